The van der Waals surface area contributed by atoms with Gasteiger partial charge in [-0.3, -0.25) is 9.59 Å². The number of hydrogen-bond donors (Lipinski definition) is 4. The Labute approximate surface area is 115 Å². The van der Waals surface area contributed by atoms with E-state index in [1.165, 1.54) is 0 Å². The lowest BCUT2D eigenvalue weighted by Gasteiger charge is -2.17. The van der Waals surface area contributed by atoms with Gasteiger partial charge in [-0.2, -0.15) is 0 Å². The number of carboxylic acid groups (broad SMARTS) is 2. The molecule has 0 saturated heterocycles. The lowest BCUT2D eigenvalue weighted by Crippen LogP contribution is -2.49. The minimum absolute atomic E-state index is 0.0989. The van der Waals surface area contributed by atoms with Crippen LogP contribution < -0.4 is 11.1 Å². The molecule has 0 saturated carbocycles. The van der Waals surface area contributed by atoms with Gasteiger partial charge in [-0.05, 0) is 5.56 Å². The highest BCUT2D eigenvalue weighted by Gasteiger charge is 2.24. The van der Waals surface area contributed by atoms with E-state index < -0.39 is 36.4 Å². The van der Waals surface area contributed by atoms with Crippen LogP contribution in [0.15, 0.2) is 30.3 Å². The van der Waals surface area contributed by atoms with Crippen LogP contribution in [-0.4, -0.2) is 40.1 Å². The minimum atomic E-state index is -1.27. The molecule has 0 fully saturated rings. The van der Waals surface area contributed by atoms with E-state index >= 15 is 0 Å². The van der Waals surface area contributed by atoms with Crippen LogP contribution in [0.25, 0.3) is 0 Å². The SMILES string of the molecule is N[C@@H](CC(=O)O)C(=O)N[C@@H](Cc1ccccc1)C(=O)O. The first kappa shape index (κ1) is 15.6. The molecule has 0 aliphatic heterocycles. The number of aliphatic carboxylic acids is 2. The van der Waals surface area contributed by atoms with Crippen molar-refractivity contribution < 1.29 is 24.6 Å². The van der Waals surface area contributed by atoms with Gasteiger partial charge in [0.15, 0.2) is 0 Å². The topological polar surface area (TPSA) is 130 Å². The second-order valence-corrected chi connectivity index (χ2v) is 4.29. The number of rotatable bonds is 7. The highest BCUT2D eigenvalue weighted by Crippen LogP contribution is 2.04. The zero-order valence-corrected chi connectivity index (χ0v) is 10.7. The molecule has 1 aromatic carbocycles. The lowest BCUT2D eigenvalue weighted by atomic mass is 10.1. The number of benzene rings is 1. The highest BCUT2D eigenvalue weighted by atomic mass is 16.4. The van der Waals surface area contributed by atoms with E-state index in [-0.39, 0.29) is 6.42 Å². The van der Waals surface area contributed by atoms with E-state index in [0.717, 1.165) is 5.56 Å². The molecule has 108 valence electrons. The van der Waals surface area contributed by atoms with Gasteiger partial charge in [-0.1, -0.05) is 30.3 Å². The van der Waals surface area contributed by atoms with Crippen molar-refractivity contribution in [2.24, 2.45) is 5.73 Å². The molecule has 20 heavy (non-hydrogen) atoms. The van der Waals surface area contributed by atoms with E-state index in [0.29, 0.717) is 0 Å². The second kappa shape index (κ2) is 7.25. The van der Waals surface area contributed by atoms with Crippen LogP contribution in [-0.2, 0) is 20.8 Å². The molecule has 7 heteroatoms. The van der Waals surface area contributed by atoms with Crippen molar-refractivity contribution in [1.82, 2.24) is 5.32 Å². The number of carboxylic acids is 2. The molecule has 0 aliphatic rings. The quantitative estimate of drug-likeness (QED) is 0.537. The van der Waals surface area contributed by atoms with Crippen molar-refractivity contribution in [3.63, 3.8) is 0 Å². The Hall–Kier alpha value is -2.41. The average molecular weight is 280 g/mol. The van der Waals surface area contributed by atoms with Gasteiger partial charge in [-0.25, -0.2) is 4.79 Å². The largest absolute Gasteiger partial charge is 0.481 e. The zero-order valence-electron chi connectivity index (χ0n) is 10.7. The van der Waals surface area contributed by atoms with Crippen molar-refractivity contribution >= 4 is 17.8 Å². The van der Waals surface area contributed by atoms with Crippen LogP contribution >= 0.6 is 0 Å². The third-order valence-electron chi connectivity index (χ3n) is 2.63. The Bertz CT molecular complexity index is 489. The van der Waals surface area contributed by atoms with Gasteiger partial charge in [0, 0.05) is 6.42 Å². The van der Waals surface area contributed by atoms with Crippen molar-refractivity contribution in [3.8, 4) is 0 Å². The lowest BCUT2D eigenvalue weighted by molar-refractivity contribution is -0.142. The van der Waals surface area contributed by atoms with Crippen molar-refractivity contribution in [2.75, 3.05) is 0 Å². The molecular weight excluding hydrogens is 264 g/mol. The summed E-state index contributed by atoms with van der Waals surface area (Å²) in [5.74, 6) is -3.22. The third-order valence-corrected chi connectivity index (χ3v) is 2.63. The monoisotopic (exact) mass is 280 g/mol. The van der Waals surface area contributed by atoms with Crippen LogP contribution in [0.5, 0.6) is 0 Å². The number of amides is 1. The summed E-state index contributed by atoms with van der Waals surface area (Å²) in [6.07, 6.45) is -0.453. The Balaban J connectivity index is 2.66. The molecule has 1 aromatic rings. The van der Waals surface area contributed by atoms with E-state index in [9.17, 15) is 14.4 Å². The van der Waals surface area contributed by atoms with Gasteiger partial charge in [0.05, 0.1) is 12.5 Å². The summed E-state index contributed by atoms with van der Waals surface area (Å²) in [7, 11) is 0. The molecule has 0 spiro atoms. The smallest absolute Gasteiger partial charge is 0.326 e. The van der Waals surface area contributed by atoms with Crippen molar-refractivity contribution in [2.45, 2.75) is 24.9 Å². The predicted octanol–water partition coefficient (Wildman–Crippen LogP) is -0.399. The number of nitrogens with one attached hydrogen (secondary N) is 1. The van der Waals surface area contributed by atoms with Crippen LogP contribution in [0.4, 0.5) is 0 Å². The van der Waals surface area contributed by atoms with Crippen LogP contribution in [0.3, 0.4) is 0 Å². The summed E-state index contributed by atoms with van der Waals surface area (Å²) in [6.45, 7) is 0. The van der Waals surface area contributed by atoms with Gasteiger partial charge < -0.3 is 21.3 Å². The van der Waals surface area contributed by atoms with E-state index in [2.05, 4.69) is 5.32 Å². The molecule has 5 N–H and O–H groups in total. The maximum absolute atomic E-state index is 11.6. The average Bonchev–Trinajstić information content (AvgIpc) is 2.38. The first-order chi connectivity index (χ1) is 9.40. The summed E-state index contributed by atoms with van der Waals surface area (Å²) in [5.41, 5.74) is 6.12. The molecule has 0 unspecified atom stereocenters. The first-order valence-corrected chi connectivity index (χ1v) is 5.94. The predicted molar refractivity (Wildman–Crippen MR) is 69.9 cm³/mol. The minimum Gasteiger partial charge on any atom is -0.481 e. The molecule has 0 radical (unpaired) electrons. The maximum atomic E-state index is 11.6. The zero-order chi connectivity index (χ0) is 15.1. The molecule has 0 bridgehead atoms. The summed E-state index contributed by atoms with van der Waals surface area (Å²) >= 11 is 0. The molecule has 2 atom stereocenters. The number of carbonyl (C=O) groups is 3. The van der Waals surface area contributed by atoms with E-state index in [1.54, 1.807) is 30.3 Å². The van der Waals surface area contributed by atoms with Gasteiger partial charge in [0.2, 0.25) is 5.91 Å². The fourth-order valence-corrected chi connectivity index (χ4v) is 1.61. The maximum Gasteiger partial charge on any atom is 0.326 e. The fourth-order valence-electron chi connectivity index (χ4n) is 1.61. The number of hydrogen-bond acceptors (Lipinski definition) is 4. The Morgan fingerprint density at radius 3 is 2.25 bits per heavy atom. The summed E-state index contributed by atoms with van der Waals surface area (Å²) in [6, 6.07) is 6.35. The van der Waals surface area contributed by atoms with Crippen LogP contribution in [0.1, 0.15) is 12.0 Å². The van der Waals surface area contributed by atoms with Crippen LogP contribution in [0.2, 0.25) is 0 Å². The number of carbonyl (C=O) groups excluding carboxylic acids is 1. The summed E-state index contributed by atoms with van der Waals surface area (Å²) in [4.78, 5) is 33.2. The molecule has 0 aromatic heterocycles. The Morgan fingerprint density at radius 1 is 1.15 bits per heavy atom. The molecule has 1 amide bonds. The van der Waals surface area contributed by atoms with Crippen molar-refractivity contribution in [1.29, 1.82) is 0 Å². The molecule has 1 rings (SSSR count). The molecule has 7 nitrogen and oxygen atoms in total. The fraction of sp³-hybridized carbons (Fsp3) is 0.308. The van der Waals surface area contributed by atoms with Gasteiger partial charge in [-0.15, -0.1) is 0 Å². The van der Waals surface area contributed by atoms with Crippen molar-refractivity contribution in [3.05, 3.63) is 35.9 Å². The van der Waals surface area contributed by atoms with Crippen LogP contribution in [0, 0.1) is 0 Å². The highest BCUT2D eigenvalue weighted by molar-refractivity contribution is 5.89. The summed E-state index contributed by atoms with van der Waals surface area (Å²) < 4.78 is 0. The third kappa shape index (κ3) is 5.07. The molecular formula is C13H16N2O5. The normalized spacial score (nSPS) is 13.2. The van der Waals surface area contributed by atoms with E-state index in [1.807, 2.05) is 0 Å². The van der Waals surface area contributed by atoms with Gasteiger partial charge in [0.1, 0.15) is 6.04 Å². The van der Waals surface area contributed by atoms with Gasteiger partial charge >= 0.3 is 11.9 Å². The first-order valence-electron chi connectivity index (χ1n) is 5.94. The standard InChI is InChI=1S/C13H16N2O5/c14-9(7-11(16)17)12(18)15-10(13(19)20)6-8-4-2-1-3-5-8/h1-5,9-10H,6-7,14H2,(H,15,18)(H,16,17)(H,19,20)/t9-,10-/m0/s1. The number of nitrogens with two attached hydrogens (primary N) is 1. The Morgan fingerprint density at radius 2 is 1.75 bits per heavy atom. The van der Waals surface area contributed by atoms with Gasteiger partial charge in [0.25, 0.3) is 0 Å². The molecule has 0 heterocycles. The summed E-state index contributed by atoms with van der Waals surface area (Å²) in [5, 5.41) is 19.9. The Kier molecular flexibility index (Phi) is 5.67. The molecule has 0 aliphatic carbocycles. The second-order valence-electron chi connectivity index (χ2n) is 4.29. The van der Waals surface area contributed by atoms with E-state index in [4.69, 9.17) is 15.9 Å².